The molecule has 4 unspecified atom stereocenters. The number of carboxylic acids is 1. The van der Waals surface area contributed by atoms with Crippen LogP contribution in [-0.4, -0.2) is 59.4 Å². The summed E-state index contributed by atoms with van der Waals surface area (Å²) in [5.41, 5.74) is 10.6. The van der Waals surface area contributed by atoms with Gasteiger partial charge in [0.05, 0.1) is 12.5 Å². The predicted molar refractivity (Wildman–Crippen MR) is 101 cm³/mol. The van der Waals surface area contributed by atoms with Gasteiger partial charge in [0, 0.05) is 0 Å². The summed E-state index contributed by atoms with van der Waals surface area (Å²) in [7, 11) is 0. The lowest BCUT2D eigenvalue weighted by atomic mass is 9.96. The number of nitrogens with two attached hydrogens (primary N) is 2. The van der Waals surface area contributed by atoms with Crippen molar-refractivity contribution in [1.29, 1.82) is 0 Å². The van der Waals surface area contributed by atoms with Crippen molar-refractivity contribution in [3.05, 3.63) is 0 Å². The van der Waals surface area contributed by atoms with Gasteiger partial charge in [0.25, 0.3) is 0 Å². The van der Waals surface area contributed by atoms with Gasteiger partial charge in [-0.15, -0.1) is 0 Å². The van der Waals surface area contributed by atoms with Crippen LogP contribution in [0, 0.1) is 11.8 Å². The molecule has 0 spiro atoms. The summed E-state index contributed by atoms with van der Waals surface area (Å²) in [6, 6.07) is -3.18. The second-order valence-electron chi connectivity index (χ2n) is 6.99. The van der Waals surface area contributed by atoms with Gasteiger partial charge in [-0.05, 0) is 11.8 Å². The molecule has 0 saturated carbocycles. The van der Waals surface area contributed by atoms with E-state index in [1.54, 1.807) is 20.8 Å². The van der Waals surface area contributed by atoms with E-state index in [9.17, 15) is 24.0 Å². The molecule has 28 heavy (non-hydrogen) atoms. The van der Waals surface area contributed by atoms with Crippen LogP contribution in [0.25, 0.3) is 0 Å². The number of amides is 4. The second kappa shape index (κ2) is 11.9. The molecule has 11 nitrogen and oxygen atoms in total. The summed E-state index contributed by atoms with van der Waals surface area (Å²) < 4.78 is 0. The van der Waals surface area contributed by atoms with Crippen molar-refractivity contribution in [2.75, 3.05) is 6.54 Å². The van der Waals surface area contributed by atoms with Crippen LogP contribution in [0.2, 0.25) is 0 Å². The van der Waals surface area contributed by atoms with Gasteiger partial charge in [-0.25, -0.2) is 0 Å². The fourth-order valence-corrected chi connectivity index (χ4v) is 2.32. The predicted octanol–water partition coefficient (Wildman–Crippen LogP) is -1.94. The molecule has 160 valence electrons. The lowest BCUT2D eigenvalue weighted by molar-refractivity contribution is -0.139. The molecule has 0 aliphatic heterocycles. The highest BCUT2D eigenvalue weighted by Gasteiger charge is 2.32. The number of carbonyl (C=O) groups is 5. The minimum atomic E-state index is -1.21. The van der Waals surface area contributed by atoms with E-state index in [-0.39, 0.29) is 18.3 Å². The molecule has 0 heterocycles. The van der Waals surface area contributed by atoms with E-state index in [4.69, 9.17) is 16.6 Å². The maximum absolute atomic E-state index is 12.7. The molecule has 0 saturated heterocycles. The summed E-state index contributed by atoms with van der Waals surface area (Å²) in [6.07, 6.45) is 0.180. The Morgan fingerprint density at radius 1 is 0.929 bits per heavy atom. The Labute approximate surface area is 164 Å². The molecule has 0 aliphatic carbocycles. The minimum Gasteiger partial charge on any atom is -0.480 e. The smallest absolute Gasteiger partial charge is 0.322 e. The monoisotopic (exact) mass is 401 g/mol. The van der Waals surface area contributed by atoms with Crippen LogP contribution in [0.4, 0.5) is 0 Å². The van der Waals surface area contributed by atoms with E-state index < -0.39 is 54.3 Å². The van der Waals surface area contributed by atoms with Crippen LogP contribution < -0.4 is 27.4 Å². The lowest BCUT2D eigenvalue weighted by Crippen LogP contribution is -2.59. The standard InChI is InChI=1S/C17H31N5O6/c1-5-9(4)14(16(27)20-7-12(24)25)22-17(28)13(8(2)3)21-15(26)10(18)6-11(19)23/h8-10,13-14H,5-7,18H2,1-4H3,(H2,19,23)(H,20,27)(H,21,26)(H,22,28)(H,24,25). The second-order valence-corrected chi connectivity index (χ2v) is 6.99. The van der Waals surface area contributed by atoms with Crippen LogP contribution >= 0.6 is 0 Å². The first-order valence-electron chi connectivity index (χ1n) is 9.04. The third-order valence-electron chi connectivity index (χ3n) is 4.21. The van der Waals surface area contributed by atoms with E-state index in [0.717, 1.165) is 0 Å². The van der Waals surface area contributed by atoms with Crippen LogP contribution in [0.1, 0.15) is 40.5 Å². The molecule has 11 heteroatoms. The van der Waals surface area contributed by atoms with E-state index >= 15 is 0 Å². The number of rotatable bonds is 12. The first-order valence-corrected chi connectivity index (χ1v) is 9.04. The van der Waals surface area contributed by atoms with Crippen molar-refractivity contribution in [2.45, 2.75) is 58.7 Å². The quantitative estimate of drug-likeness (QED) is 0.219. The average molecular weight is 401 g/mol. The third-order valence-corrected chi connectivity index (χ3v) is 4.21. The van der Waals surface area contributed by atoms with E-state index in [1.165, 1.54) is 0 Å². The van der Waals surface area contributed by atoms with Gasteiger partial charge >= 0.3 is 5.97 Å². The van der Waals surface area contributed by atoms with Gasteiger partial charge in [0.15, 0.2) is 0 Å². The maximum Gasteiger partial charge on any atom is 0.322 e. The zero-order valence-electron chi connectivity index (χ0n) is 16.7. The summed E-state index contributed by atoms with van der Waals surface area (Å²) in [5.74, 6) is -4.56. The number of carboxylic acid groups (broad SMARTS) is 1. The Morgan fingerprint density at radius 3 is 1.89 bits per heavy atom. The first kappa shape index (κ1) is 25.3. The maximum atomic E-state index is 12.7. The molecule has 0 aliphatic rings. The van der Waals surface area contributed by atoms with E-state index in [2.05, 4.69) is 16.0 Å². The van der Waals surface area contributed by atoms with Crippen LogP contribution in [0.5, 0.6) is 0 Å². The third kappa shape index (κ3) is 8.80. The Kier molecular flexibility index (Phi) is 10.8. The van der Waals surface area contributed by atoms with Crippen LogP contribution in [0.3, 0.4) is 0 Å². The Bertz CT molecular complexity index is 595. The first-order chi connectivity index (χ1) is 12.9. The van der Waals surface area contributed by atoms with Crippen molar-refractivity contribution in [2.24, 2.45) is 23.3 Å². The van der Waals surface area contributed by atoms with Crippen LogP contribution in [-0.2, 0) is 24.0 Å². The molecule has 0 aromatic rings. The fourth-order valence-electron chi connectivity index (χ4n) is 2.32. The molecule has 0 bridgehead atoms. The molecule has 0 rings (SSSR count). The SMILES string of the molecule is CCC(C)C(NC(=O)C(NC(=O)C(N)CC(N)=O)C(C)C)C(=O)NCC(=O)O. The number of primary amides is 1. The molecule has 4 amide bonds. The van der Waals surface area contributed by atoms with Crippen molar-refractivity contribution in [3.8, 4) is 0 Å². The van der Waals surface area contributed by atoms with Crippen molar-refractivity contribution < 1.29 is 29.1 Å². The molecule has 0 aromatic carbocycles. The zero-order chi connectivity index (χ0) is 22.0. The normalized spacial score (nSPS) is 15.1. The van der Waals surface area contributed by atoms with Crippen molar-refractivity contribution in [1.82, 2.24) is 16.0 Å². The van der Waals surface area contributed by atoms with Gasteiger partial charge in [-0.1, -0.05) is 34.1 Å². The van der Waals surface area contributed by atoms with E-state index in [1.807, 2.05) is 6.92 Å². The average Bonchev–Trinajstić information content (AvgIpc) is 2.59. The lowest BCUT2D eigenvalue weighted by Gasteiger charge is -2.28. The zero-order valence-corrected chi connectivity index (χ0v) is 16.7. The van der Waals surface area contributed by atoms with Crippen LogP contribution in [0.15, 0.2) is 0 Å². The number of hydrogen-bond acceptors (Lipinski definition) is 6. The highest BCUT2D eigenvalue weighted by Crippen LogP contribution is 2.10. The molecular formula is C17H31N5O6. The summed E-state index contributed by atoms with van der Waals surface area (Å²) in [4.78, 5) is 58.6. The van der Waals surface area contributed by atoms with Gasteiger partial charge in [-0.3, -0.25) is 24.0 Å². The molecule has 0 fully saturated rings. The molecule has 8 N–H and O–H groups in total. The number of aliphatic carboxylic acids is 1. The number of hydrogen-bond donors (Lipinski definition) is 6. The van der Waals surface area contributed by atoms with Gasteiger partial charge < -0.3 is 32.5 Å². The summed E-state index contributed by atoms with van der Waals surface area (Å²) in [6.45, 7) is 6.35. The Hall–Kier alpha value is -2.69. The van der Waals surface area contributed by atoms with Gasteiger partial charge in [0.1, 0.15) is 18.6 Å². The van der Waals surface area contributed by atoms with Gasteiger partial charge in [0.2, 0.25) is 23.6 Å². The molecular weight excluding hydrogens is 370 g/mol. The number of carbonyl (C=O) groups excluding carboxylic acids is 4. The summed E-state index contributed by atoms with van der Waals surface area (Å²) >= 11 is 0. The Balaban J connectivity index is 5.23. The molecule has 0 aromatic heterocycles. The minimum absolute atomic E-state index is 0.279. The molecule has 4 atom stereocenters. The topological polar surface area (TPSA) is 194 Å². The van der Waals surface area contributed by atoms with Crippen molar-refractivity contribution >= 4 is 29.6 Å². The highest BCUT2D eigenvalue weighted by molar-refractivity contribution is 5.94. The highest BCUT2D eigenvalue weighted by atomic mass is 16.4. The fraction of sp³-hybridized carbons (Fsp3) is 0.706. The van der Waals surface area contributed by atoms with E-state index in [0.29, 0.717) is 6.42 Å². The Morgan fingerprint density at radius 2 is 1.46 bits per heavy atom. The van der Waals surface area contributed by atoms with Gasteiger partial charge in [-0.2, -0.15) is 0 Å². The summed E-state index contributed by atoms with van der Waals surface area (Å²) in [5, 5.41) is 16.0. The number of nitrogens with one attached hydrogen (secondary N) is 3. The largest absolute Gasteiger partial charge is 0.480 e. The van der Waals surface area contributed by atoms with Crippen molar-refractivity contribution in [3.63, 3.8) is 0 Å². The molecule has 0 radical (unpaired) electrons.